The molecule has 2 unspecified atom stereocenters. The molecule has 2 heterocycles. The van der Waals surface area contributed by atoms with Crippen LogP contribution in [-0.2, 0) is 16.1 Å². The fraction of sp³-hybridized carbons (Fsp3) is 0.515. The molecule has 2 atom stereocenters. The van der Waals surface area contributed by atoms with Crippen molar-refractivity contribution < 1.29 is 9.59 Å². The number of amides is 2. The Morgan fingerprint density at radius 3 is 2.48 bits per heavy atom. The van der Waals surface area contributed by atoms with Gasteiger partial charge < -0.3 is 15.6 Å². The van der Waals surface area contributed by atoms with Crippen molar-refractivity contribution in [3.63, 3.8) is 0 Å². The van der Waals surface area contributed by atoms with Gasteiger partial charge in [0.1, 0.15) is 6.04 Å². The van der Waals surface area contributed by atoms with Crippen molar-refractivity contribution in [1.82, 2.24) is 25.4 Å². The number of aromatic amines is 1. The van der Waals surface area contributed by atoms with E-state index in [-0.39, 0.29) is 17.7 Å². The number of H-pyrrole nitrogens is 1. The number of nitrogens with one attached hydrogen (secondary N) is 3. The number of rotatable bonds is 9. The second kappa shape index (κ2) is 13.0. The Labute approximate surface area is 238 Å². The number of para-hydroxylation sites is 1. The molecule has 0 radical (unpaired) electrons. The summed E-state index contributed by atoms with van der Waals surface area (Å²) in [6, 6.07) is 14.4. The highest BCUT2D eigenvalue weighted by molar-refractivity contribution is 5.91. The molecule has 3 N–H and O–H groups in total. The number of aromatic nitrogens is 1. The highest BCUT2D eigenvalue weighted by Gasteiger charge is 2.31. The maximum absolute atomic E-state index is 13.6. The van der Waals surface area contributed by atoms with Crippen LogP contribution < -0.4 is 10.6 Å². The first-order chi connectivity index (χ1) is 19.4. The average Bonchev–Trinajstić information content (AvgIpc) is 3.41. The molecule has 2 fully saturated rings. The van der Waals surface area contributed by atoms with E-state index in [1.165, 1.54) is 43.2 Å². The van der Waals surface area contributed by atoms with E-state index in [1.807, 2.05) is 37.4 Å². The van der Waals surface area contributed by atoms with Crippen molar-refractivity contribution in [3.05, 3.63) is 70.9 Å². The summed E-state index contributed by atoms with van der Waals surface area (Å²) in [5.74, 6) is -0.460. The molecule has 1 aliphatic carbocycles. The normalized spacial score (nSPS) is 18.9. The van der Waals surface area contributed by atoms with E-state index < -0.39 is 6.04 Å². The number of benzene rings is 2. The smallest absolute Gasteiger partial charge is 0.243 e. The minimum absolute atomic E-state index is 0.0934. The predicted octanol–water partition coefficient (Wildman–Crippen LogP) is 4.64. The number of aryl methyl sites for hydroxylation is 2. The first-order valence-corrected chi connectivity index (χ1v) is 15.0. The van der Waals surface area contributed by atoms with Crippen LogP contribution in [0.25, 0.3) is 10.9 Å². The number of carbonyl (C=O) groups excluding carboxylic acids is 2. The zero-order valence-corrected chi connectivity index (χ0v) is 24.3. The number of carbonyl (C=O) groups is 2. The largest absolute Gasteiger partial charge is 0.361 e. The third kappa shape index (κ3) is 6.76. The molecule has 0 bridgehead atoms. The van der Waals surface area contributed by atoms with E-state index in [9.17, 15) is 9.59 Å². The lowest BCUT2D eigenvalue weighted by Gasteiger charge is -2.40. The first-order valence-electron chi connectivity index (χ1n) is 15.0. The quantitative estimate of drug-likeness (QED) is 0.367. The molecule has 5 rings (SSSR count). The van der Waals surface area contributed by atoms with Crippen LogP contribution >= 0.6 is 0 Å². The minimum Gasteiger partial charge on any atom is -0.361 e. The first kappa shape index (κ1) is 28.4. The lowest BCUT2D eigenvalue weighted by molar-refractivity contribution is -0.130. The predicted molar refractivity (Wildman–Crippen MR) is 161 cm³/mol. The van der Waals surface area contributed by atoms with E-state index in [4.69, 9.17) is 0 Å². The molecule has 2 amide bonds. The van der Waals surface area contributed by atoms with Crippen LogP contribution in [0, 0.1) is 13.8 Å². The SMILES string of the molecule is Cc1ccc(CNC(=O)C(NC(=O)CN2CCN(C3CCCCC3)CC2)C(C)c2c[nH]c3ccccc23)cc1C. The van der Waals surface area contributed by atoms with Gasteiger partial charge in [0, 0.05) is 61.8 Å². The zero-order chi connectivity index (χ0) is 28.1. The van der Waals surface area contributed by atoms with Gasteiger partial charge in [-0.05, 0) is 55.0 Å². The van der Waals surface area contributed by atoms with E-state index in [2.05, 4.69) is 57.5 Å². The summed E-state index contributed by atoms with van der Waals surface area (Å²) < 4.78 is 0. The minimum atomic E-state index is -0.679. The van der Waals surface area contributed by atoms with Crippen molar-refractivity contribution in [2.45, 2.75) is 77.4 Å². The topological polar surface area (TPSA) is 80.5 Å². The Balaban J connectivity index is 1.24. The van der Waals surface area contributed by atoms with Crippen LogP contribution in [0.3, 0.4) is 0 Å². The molecule has 1 aliphatic heterocycles. The number of hydrogen-bond donors (Lipinski definition) is 3. The molecule has 214 valence electrons. The van der Waals surface area contributed by atoms with Gasteiger partial charge in [0.15, 0.2) is 0 Å². The van der Waals surface area contributed by atoms with E-state index in [0.29, 0.717) is 19.1 Å². The van der Waals surface area contributed by atoms with Gasteiger partial charge in [0.25, 0.3) is 0 Å². The van der Waals surface area contributed by atoms with Gasteiger partial charge in [-0.15, -0.1) is 0 Å². The van der Waals surface area contributed by atoms with E-state index in [0.717, 1.165) is 48.2 Å². The maximum Gasteiger partial charge on any atom is 0.243 e. The summed E-state index contributed by atoms with van der Waals surface area (Å²) in [6.07, 6.45) is 8.64. The fourth-order valence-electron chi connectivity index (χ4n) is 6.44. The van der Waals surface area contributed by atoms with Crippen molar-refractivity contribution in [3.8, 4) is 0 Å². The molecule has 7 heteroatoms. The lowest BCUT2D eigenvalue weighted by Crippen LogP contribution is -2.55. The third-order valence-corrected chi connectivity index (χ3v) is 9.11. The van der Waals surface area contributed by atoms with Crippen LogP contribution in [-0.4, -0.2) is 71.4 Å². The molecule has 2 aromatic carbocycles. The summed E-state index contributed by atoms with van der Waals surface area (Å²) in [7, 11) is 0. The van der Waals surface area contributed by atoms with Gasteiger partial charge in [-0.25, -0.2) is 0 Å². The van der Waals surface area contributed by atoms with Gasteiger partial charge in [0.05, 0.1) is 6.54 Å². The van der Waals surface area contributed by atoms with Gasteiger partial charge in [-0.3, -0.25) is 19.4 Å². The second-order valence-corrected chi connectivity index (χ2v) is 11.9. The van der Waals surface area contributed by atoms with Crippen molar-refractivity contribution in [1.29, 1.82) is 0 Å². The molecule has 2 aliphatic rings. The van der Waals surface area contributed by atoms with E-state index in [1.54, 1.807) is 0 Å². The van der Waals surface area contributed by atoms with Crippen LogP contribution in [0.1, 0.15) is 67.2 Å². The van der Waals surface area contributed by atoms with Crippen LogP contribution in [0.15, 0.2) is 48.7 Å². The summed E-state index contributed by atoms with van der Waals surface area (Å²) in [5.41, 5.74) is 5.54. The summed E-state index contributed by atoms with van der Waals surface area (Å²) in [6.45, 7) is 10.8. The summed E-state index contributed by atoms with van der Waals surface area (Å²) in [5, 5.41) is 7.31. The Bertz CT molecular complexity index is 1300. The molecule has 1 aromatic heterocycles. The molecule has 1 saturated carbocycles. The number of nitrogens with zero attached hydrogens (tertiary/aromatic N) is 2. The standard InChI is InChI=1S/C33H45N5O2/c1-23-13-14-26(19-24(23)2)20-35-33(40)32(25(3)29-21-34-30-12-8-7-11-28(29)30)36-31(39)22-37-15-17-38(18-16-37)27-9-5-4-6-10-27/h7-8,11-14,19,21,25,27,32,34H,4-6,9-10,15-18,20,22H2,1-3H3,(H,35,40)(H,36,39). The molecule has 7 nitrogen and oxygen atoms in total. The average molecular weight is 544 g/mol. The summed E-state index contributed by atoms with van der Waals surface area (Å²) in [4.78, 5) is 35.2. The molecule has 1 saturated heterocycles. The Hall–Kier alpha value is -3.16. The molecular formula is C33H45N5O2. The van der Waals surface area contributed by atoms with Crippen LogP contribution in [0.5, 0.6) is 0 Å². The molecule has 3 aromatic rings. The Morgan fingerprint density at radius 1 is 0.975 bits per heavy atom. The second-order valence-electron chi connectivity index (χ2n) is 11.9. The van der Waals surface area contributed by atoms with E-state index >= 15 is 0 Å². The third-order valence-electron chi connectivity index (χ3n) is 9.11. The highest BCUT2D eigenvalue weighted by atomic mass is 16.2. The maximum atomic E-state index is 13.6. The fourth-order valence-corrected chi connectivity index (χ4v) is 6.44. The number of piperazine rings is 1. The Kier molecular flexibility index (Phi) is 9.22. The highest BCUT2D eigenvalue weighted by Crippen LogP contribution is 2.28. The van der Waals surface area contributed by atoms with Gasteiger partial charge in [-0.1, -0.05) is 62.6 Å². The number of hydrogen-bond acceptors (Lipinski definition) is 4. The lowest BCUT2D eigenvalue weighted by atomic mass is 9.92. The molecule has 0 spiro atoms. The summed E-state index contributed by atoms with van der Waals surface area (Å²) >= 11 is 0. The zero-order valence-electron chi connectivity index (χ0n) is 24.3. The van der Waals surface area contributed by atoms with Gasteiger partial charge >= 0.3 is 0 Å². The van der Waals surface area contributed by atoms with Gasteiger partial charge in [-0.2, -0.15) is 0 Å². The number of fused-ring (bicyclic) bond motifs is 1. The van der Waals surface area contributed by atoms with Crippen molar-refractivity contribution >= 4 is 22.7 Å². The molecule has 40 heavy (non-hydrogen) atoms. The Morgan fingerprint density at radius 2 is 1.73 bits per heavy atom. The van der Waals surface area contributed by atoms with Crippen molar-refractivity contribution in [2.75, 3.05) is 32.7 Å². The van der Waals surface area contributed by atoms with Crippen LogP contribution in [0.4, 0.5) is 0 Å². The monoisotopic (exact) mass is 543 g/mol. The van der Waals surface area contributed by atoms with Crippen LogP contribution in [0.2, 0.25) is 0 Å². The van der Waals surface area contributed by atoms with Crippen molar-refractivity contribution in [2.24, 2.45) is 0 Å². The van der Waals surface area contributed by atoms with Gasteiger partial charge in [0.2, 0.25) is 11.8 Å². The molecular weight excluding hydrogens is 498 g/mol.